The summed E-state index contributed by atoms with van der Waals surface area (Å²) in [4.78, 5) is 37.7. The normalized spacial score (nSPS) is 11.5. The zero-order chi connectivity index (χ0) is 19.4. The molecule has 2 rings (SSSR count). The monoisotopic (exact) mass is 354 g/mol. The van der Waals surface area contributed by atoms with Crippen LogP contribution < -0.4 is 5.32 Å². The number of carbonyl (C=O) groups is 3. The minimum absolute atomic E-state index is 0.230. The van der Waals surface area contributed by atoms with E-state index in [0.717, 1.165) is 11.1 Å². The van der Waals surface area contributed by atoms with E-state index in [9.17, 15) is 19.5 Å². The highest BCUT2D eigenvalue weighted by Crippen LogP contribution is 2.18. The van der Waals surface area contributed by atoms with Crippen LogP contribution in [0.4, 0.5) is 0 Å². The quantitative estimate of drug-likeness (QED) is 0.864. The van der Waals surface area contributed by atoms with Crippen molar-refractivity contribution < 1.29 is 19.5 Å². The van der Waals surface area contributed by atoms with Gasteiger partial charge in [0.05, 0.1) is 0 Å². The fourth-order valence-corrected chi connectivity index (χ4v) is 2.73. The number of hydrogen-bond donors (Lipinski definition) is 2. The first-order valence-corrected chi connectivity index (χ1v) is 8.12. The van der Waals surface area contributed by atoms with Crippen molar-refractivity contribution in [2.75, 3.05) is 14.1 Å². The fraction of sp³-hybridized carbons (Fsp3) is 0.250. The van der Waals surface area contributed by atoms with Crippen LogP contribution in [0, 0.1) is 13.8 Å². The summed E-state index contributed by atoms with van der Waals surface area (Å²) >= 11 is 0. The zero-order valence-electron chi connectivity index (χ0n) is 15.2. The van der Waals surface area contributed by atoms with Gasteiger partial charge in [0.15, 0.2) is 6.04 Å². The lowest BCUT2D eigenvalue weighted by Crippen LogP contribution is -2.34. The Balaban J connectivity index is 2.30. The smallest absolute Gasteiger partial charge is 0.330 e. The number of carbonyl (C=O) groups excluding carboxylic acids is 2. The Hall–Kier alpha value is -3.15. The molecule has 2 aromatic carbocycles. The van der Waals surface area contributed by atoms with E-state index >= 15 is 0 Å². The van der Waals surface area contributed by atoms with E-state index in [2.05, 4.69) is 5.32 Å². The molecular weight excluding hydrogens is 332 g/mol. The van der Waals surface area contributed by atoms with Crippen molar-refractivity contribution in [3.63, 3.8) is 0 Å². The number of hydrogen-bond acceptors (Lipinski definition) is 3. The number of carboxylic acid groups (broad SMARTS) is 1. The molecule has 6 heteroatoms. The summed E-state index contributed by atoms with van der Waals surface area (Å²) in [6.07, 6.45) is 0. The summed E-state index contributed by atoms with van der Waals surface area (Å²) in [6, 6.07) is 10.4. The van der Waals surface area contributed by atoms with Crippen molar-refractivity contribution in [2.24, 2.45) is 0 Å². The average molecular weight is 354 g/mol. The number of amides is 2. The molecule has 0 aliphatic heterocycles. The standard InChI is InChI=1S/C20H22N2O4/c1-12-8-13(2)10-16(9-12)17(20(25)26)21-18(23)14-6-5-7-15(11-14)19(24)22(3)4/h5-11,17H,1-4H3,(H,21,23)(H,25,26). The molecule has 2 aromatic rings. The van der Waals surface area contributed by atoms with Gasteiger partial charge in [0, 0.05) is 25.2 Å². The summed E-state index contributed by atoms with van der Waals surface area (Å²) in [5, 5.41) is 12.1. The maximum Gasteiger partial charge on any atom is 0.330 e. The van der Waals surface area contributed by atoms with Gasteiger partial charge >= 0.3 is 5.97 Å². The van der Waals surface area contributed by atoms with Gasteiger partial charge in [-0.05, 0) is 37.6 Å². The van der Waals surface area contributed by atoms with Crippen LogP contribution in [-0.2, 0) is 4.79 Å². The summed E-state index contributed by atoms with van der Waals surface area (Å²) in [5.74, 6) is -1.93. The molecule has 0 aliphatic rings. The van der Waals surface area contributed by atoms with Crippen LogP contribution in [0.3, 0.4) is 0 Å². The summed E-state index contributed by atoms with van der Waals surface area (Å²) in [7, 11) is 3.24. The predicted molar refractivity (Wildman–Crippen MR) is 98.2 cm³/mol. The van der Waals surface area contributed by atoms with E-state index in [0.29, 0.717) is 11.1 Å². The van der Waals surface area contributed by atoms with Crippen LogP contribution in [0.1, 0.15) is 43.4 Å². The SMILES string of the molecule is Cc1cc(C)cc(C(NC(=O)c2cccc(C(=O)N(C)C)c2)C(=O)O)c1. The van der Waals surface area contributed by atoms with Gasteiger partial charge in [0.2, 0.25) is 0 Å². The van der Waals surface area contributed by atoms with Crippen LogP contribution in [0.5, 0.6) is 0 Å². The molecule has 2 N–H and O–H groups in total. The van der Waals surface area contributed by atoms with Crippen LogP contribution in [0.25, 0.3) is 0 Å². The Bertz CT molecular complexity index is 838. The van der Waals surface area contributed by atoms with Crippen LogP contribution >= 0.6 is 0 Å². The minimum atomic E-state index is -1.17. The highest BCUT2D eigenvalue weighted by molar-refractivity contribution is 6.00. The molecule has 6 nitrogen and oxygen atoms in total. The van der Waals surface area contributed by atoms with Crippen LogP contribution in [0.15, 0.2) is 42.5 Å². The first kappa shape index (κ1) is 19.2. The maximum absolute atomic E-state index is 12.5. The van der Waals surface area contributed by atoms with E-state index in [-0.39, 0.29) is 11.5 Å². The average Bonchev–Trinajstić information content (AvgIpc) is 2.57. The van der Waals surface area contributed by atoms with Gasteiger partial charge in [0.1, 0.15) is 0 Å². The predicted octanol–water partition coefficient (Wildman–Crippen LogP) is 2.56. The summed E-state index contributed by atoms with van der Waals surface area (Å²) < 4.78 is 0. The fourth-order valence-electron chi connectivity index (χ4n) is 2.73. The minimum Gasteiger partial charge on any atom is -0.479 e. The Morgan fingerprint density at radius 1 is 0.962 bits per heavy atom. The molecule has 0 radical (unpaired) electrons. The topological polar surface area (TPSA) is 86.7 Å². The number of aliphatic carboxylic acids is 1. The van der Waals surface area contributed by atoms with E-state index in [4.69, 9.17) is 0 Å². The second-order valence-corrected chi connectivity index (χ2v) is 6.45. The molecule has 0 spiro atoms. The summed E-state index contributed by atoms with van der Waals surface area (Å²) in [5.41, 5.74) is 2.93. The van der Waals surface area contributed by atoms with E-state index in [1.807, 2.05) is 19.9 Å². The molecule has 0 saturated heterocycles. The Labute approximate surface area is 152 Å². The van der Waals surface area contributed by atoms with Gasteiger partial charge in [-0.1, -0.05) is 35.4 Å². The second-order valence-electron chi connectivity index (χ2n) is 6.45. The molecule has 1 atom stereocenters. The number of nitrogens with zero attached hydrogens (tertiary/aromatic N) is 1. The second kappa shape index (κ2) is 7.82. The van der Waals surface area contributed by atoms with Crippen molar-refractivity contribution in [1.29, 1.82) is 0 Å². The number of carboxylic acids is 1. The first-order valence-electron chi connectivity index (χ1n) is 8.12. The molecule has 26 heavy (non-hydrogen) atoms. The van der Waals surface area contributed by atoms with Gasteiger partial charge in [-0.2, -0.15) is 0 Å². The van der Waals surface area contributed by atoms with Crippen molar-refractivity contribution >= 4 is 17.8 Å². The molecule has 2 amide bonds. The number of nitrogens with one attached hydrogen (secondary N) is 1. The van der Waals surface area contributed by atoms with E-state index < -0.39 is 17.9 Å². The van der Waals surface area contributed by atoms with Gasteiger partial charge < -0.3 is 15.3 Å². The van der Waals surface area contributed by atoms with Crippen molar-refractivity contribution in [3.05, 3.63) is 70.3 Å². The molecular formula is C20H22N2O4. The lowest BCUT2D eigenvalue weighted by atomic mass is 10.0. The third-order valence-electron chi connectivity index (χ3n) is 3.88. The van der Waals surface area contributed by atoms with Gasteiger partial charge in [-0.15, -0.1) is 0 Å². The maximum atomic E-state index is 12.5. The molecule has 0 aromatic heterocycles. The van der Waals surface area contributed by atoms with Gasteiger partial charge in [-0.3, -0.25) is 9.59 Å². The van der Waals surface area contributed by atoms with Gasteiger partial charge in [-0.25, -0.2) is 4.79 Å². The van der Waals surface area contributed by atoms with E-state index in [1.54, 1.807) is 44.4 Å². The molecule has 0 fully saturated rings. The molecule has 0 saturated carbocycles. The lowest BCUT2D eigenvalue weighted by molar-refractivity contribution is -0.139. The number of rotatable bonds is 5. The van der Waals surface area contributed by atoms with Crippen molar-refractivity contribution in [1.82, 2.24) is 10.2 Å². The van der Waals surface area contributed by atoms with E-state index in [1.165, 1.54) is 11.0 Å². The van der Waals surface area contributed by atoms with Crippen LogP contribution in [0.2, 0.25) is 0 Å². The van der Waals surface area contributed by atoms with Gasteiger partial charge in [0.25, 0.3) is 11.8 Å². The molecule has 0 heterocycles. The zero-order valence-corrected chi connectivity index (χ0v) is 15.2. The first-order chi connectivity index (χ1) is 12.2. The molecule has 1 unspecified atom stereocenters. The Morgan fingerprint density at radius 3 is 2.08 bits per heavy atom. The van der Waals surface area contributed by atoms with Crippen molar-refractivity contribution in [2.45, 2.75) is 19.9 Å². The number of aryl methyl sites for hydroxylation is 2. The summed E-state index contributed by atoms with van der Waals surface area (Å²) in [6.45, 7) is 3.74. The highest BCUT2D eigenvalue weighted by atomic mass is 16.4. The highest BCUT2D eigenvalue weighted by Gasteiger charge is 2.23. The third-order valence-corrected chi connectivity index (χ3v) is 3.88. The third kappa shape index (κ3) is 4.47. The van der Waals surface area contributed by atoms with Crippen LogP contribution in [-0.4, -0.2) is 41.9 Å². The Morgan fingerprint density at radius 2 is 1.54 bits per heavy atom. The Kier molecular flexibility index (Phi) is 5.77. The number of benzene rings is 2. The molecule has 136 valence electrons. The molecule has 0 aliphatic carbocycles. The lowest BCUT2D eigenvalue weighted by Gasteiger charge is -2.17. The molecule has 0 bridgehead atoms. The van der Waals surface area contributed by atoms with Crippen molar-refractivity contribution in [3.8, 4) is 0 Å². The largest absolute Gasteiger partial charge is 0.479 e.